The molecule has 0 aliphatic rings. The molecule has 5 heteroatoms. The van der Waals surface area contributed by atoms with Crippen LogP contribution in [0.25, 0.3) is 0 Å². The Hall–Kier alpha value is -1.72. The van der Waals surface area contributed by atoms with Crippen molar-refractivity contribution in [2.45, 2.75) is 39.3 Å². The van der Waals surface area contributed by atoms with Crippen LogP contribution in [-0.4, -0.2) is 9.55 Å². The average molecular weight is 276 g/mol. The fourth-order valence-corrected chi connectivity index (χ4v) is 2.26. The zero-order valence-corrected chi connectivity index (χ0v) is 11.9. The SMILES string of the molecule is CCCn1ccnc1CC(NN)c1ccc(C)c(F)c1. The lowest BCUT2D eigenvalue weighted by atomic mass is 10.0. The highest BCUT2D eigenvalue weighted by Crippen LogP contribution is 2.19. The van der Waals surface area contributed by atoms with Gasteiger partial charge >= 0.3 is 0 Å². The van der Waals surface area contributed by atoms with Gasteiger partial charge in [0.05, 0.1) is 6.04 Å². The maximum atomic E-state index is 13.7. The lowest BCUT2D eigenvalue weighted by Crippen LogP contribution is -2.30. The first-order valence-electron chi connectivity index (χ1n) is 6.88. The minimum absolute atomic E-state index is 0.150. The van der Waals surface area contributed by atoms with Gasteiger partial charge in [0.25, 0.3) is 0 Å². The van der Waals surface area contributed by atoms with Crippen LogP contribution in [-0.2, 0) is 13.0 Å². The fourth-order valence-electron chi connectivity index (χ4n) is 2.26. The van der Waals surface area contributed by atoms with E-state index in [1.807, 2.05) is 12.3 Å². The highest BCUT2D eigenvalue weighted by atomic mass is 19.1. The molecule has 2 rings (SSSR count). The lowest BCUT2D eigenvalue weighted by molar-refractivity contribution is 0.512. The van der Waals surface area contributed by atoms with E-state index in [9.17, 15) is 4.39 Å². The maximum absolute atomic E-state index is 13.7. The predicted molar refractivity (Wildman–Crippen MR) is 77.4 cm³/mol. The number of rotatable bonds is 6. The molecule has 0 aliphatic carbocycles. The van der Waals surface area contributed by atoms with Crippen LogP contribution >= 0.6 is 0 Å². The van der Waals surface area contributed by atoms with Gasteiger partial charge in [0.1, 0.15) is 11.6 Å². The monoisotopic (exact) mass is 276 g/mol. The minimum atomic E-state index is -0.209. The van der Waals surface area contributed by atoms with E-state index in [1.165, 1.54) is 6.07 Å². The normalized spacial score (nSPS) is 12.6. The van der Waals surface area contributed by atoms with E-state index >= 15 is 0 Å². The summed E-state index contributed by atoms with van der Waals surface area (Å²) in [5.41, 5.74) is 4.22. The summed E-state index contributed by atoms with van der Waals surface area (Å²) in [6.45, 7) is 4.80. The Morgan fingerprint density at radius 1 is 1.45 bits per heavy atom. The number of imidazole rings is 1. The molecule has 1 atom stereocenters. The zero-order valence-electron chi connectivity index (χ0n) is 11.9. The van der Waals surface area contributed by atoms with Gasteiger partial charge in [0, 0.05) is 25.4 Å². The highest BCUT2D eigenvalue weighted by Gasteiger charge is 2.15. The van der Waals surface area contributed by atoms with E-state index in [0.717, 1.165) is 24.4 Å². The van der Waals surface area contributed by atoms with Crippen LogP contribution in [0, 0.1) is 12.7 Å². The van der Waals surface area contributed by atoms with Gasteiger partial charge in [0.15, 0.2) is 0 Å². The van der Waals surface area contributed by atoms with E-state index in [-0.39, 0.29) is 11.9 Å². The first-order chi connectivity index (χ1) is 9.65. The predicted octanol–water partition coefficient (Wildman–Crippen LogP) is 2.49. The summed E-state index contributed by atoms with van der Waals surface area (Å²) in [6.07, 6.45) is 5.42. The number of nitrogens with two attached hydrogens (primary N) is 1. The first-order valence-corrected chi connectivity index (χ1v) is 6.88. The van der Waals surface area contributed by atoms with Gasteiger partial charge in [-0.25, -0.2) is 9.37 Å². The molecular formula is C15H21FN4. The molecule has 0 amide bonds. The molecule has 0 bridgehead atoms. The Kier molecular flexibility index (Phi) is 4.87. The minimum Gasteiger partial charge on any atom is -0.335 e. The second-order valence-electron chi connectivity index (χ2n) is 4.97. The second-order valence-corrected chi connectivity index (χ2v) is 4.97. The molecule has 1 heterocycles. The number of hydrogen-bond donors (Lipinski definition) is 2. The number of nitrogens with one attached hydrogen (secondary N) is 1. The van der Waals surface area contributed by atoms with E-state index in [2.05, 4.69) is 21.9 Å². The van der Waals surface area contributed by atoms with Gasteiger partial charge in [-0.2, -0.15) is 0 Å². The fraction of sp³-hybridized carbons (Fsp3) is 0.400. The molecule has 108 valence electrons. The molecule has 20 heavy (non-hydrogen) atoms. The number of aromatic nitrogens is 2. The van der Waals surface area contributed by atoms with Crippen molar-refractivity contribution in [1.29, 1.82) is 0 Å². The first kappa shape index (κ1) is 14.7. The van der Waals surface area contributed by atoms with E-state index in [4.69, 9.17) is 5.84 Å². The van der Waals surface area contributed by atoms with Crippen LogP contribution in [0.5, 0.6) is 0 Å². The summed E-state index contributed by atoms with van der Waals surface area (Å²) < 4.78 is 15.8. The maximum Gasteiger partial charge on any atom is 0.126 e. The van der Waals surface area contributed by atoms with Crippen molar-refractivity contribution in [3.8, 4) is 0 Å². The molecule has 0 aliphatic heterocycles. The van der Waals surface area contributed by atoms with Gasteiger partial charge in [0.2, 0.25) is 0 Å². The Labute approximate surface area is 118 Å². The average Bonchev–Trinajstić information content (AvgIpc) is 2.87. The summed E-state index contributed by atoms with van der Waals surface area (Å²) in [5, 5.41) is 0. The van der Waals surface area contributed by atoms with Gasteiger partial charge in [-0.1, -0.05) is 19.1 Å². The number of aryl methyl sites for hydroxylation is 2. The van der Waals surface area contributed by atoms with Crippen molar-refractivity contribution >= 4 is 0 Å². The van der Waals surface area contributed by atoms with Crippen molar-refractivity contribution in [2.24, 2.45) is 5.84 Å². The van der Waals surface area contributed by atoms with Gasteiger partial charge in [-0.05, 0) is 30.5 Å². The summed E-state index contributed by atoms with van der Waals surface area (Å²) in [6, 6.07) is 5.05. The largest absolute Gasteiger partial charge is 0.335 e. The molecular weight excluding hydrogens is 255 g/mol. The summed E-state index contributed by atoms with van der Waals surface area (Å²) in [7, 11) is 0. The Morgan fingerprint density at radius 2 is 2.25 bits per heavy atom. The molecule has 0 spiro atoms. The third-order valence-electron chi connectivity index (χ3n) is 3.45. The lowest BCUT2D eigenvalue weighted by Gasteiger charge is -2.17. The molecule has 1 unspecified atom stereocenters. The van der Waals surface area contributed by atoms with Crippen LogP contribution in [0.1, 0.15) is 36.3 Å². The van der Waals surface area contributed by atoms with Crippen molar-refractivity contribution in [2.75, 3.05) is 0 Å². The summed E-state index contributed by atoms with van der Waals surface area (Å²) in [5.74, 6) is 6.37. The van der Waals surface area contributed by atoms with Crippen LogP contribution in [0.15, 0.2) is 30.6 Å². The number of nitrogens with zero attached hydrogens (tertiary/aromatic N) is 2. The van der Waals surface area contributed by atoms with Crippen molar-refractivity contribution < 1.29 is 4.39 Å². The molecule has 0 fully saturated rings. The third-order valence-corrected chi connectivity index (χ3v) is 3.45. The highest BCUT2D eigenvalue weighted by molar-refractivity contribution is 5.26. The number of halogens is 1. The topological polar surface area (TPSA) is 55.9 Å². The summed E-state index contributed by atoms with van der Waals surface area (Å²) >= 11 is 0. The molecule has 1 aromatic carbocycles. The van der Waals surface area contributed by atoms with Gasteiger partial charge in [-0.3, -0.25) is 11.3 Å². The number of hydrogen-bond acceptors (Lipinski definition) is 3. The van der Waals surface area contributed by atoms with E-state index in [1.54, 1.807) is 19.2 Å². The Morgan fingerprint density at radius 3 is 2.90 bits per heavy atom. The Balaban J connectivity index is 2.19. The molecule has 4 nitrogen and oxygen atoms in total. The molecule has 0 saturated carbocycles. The van der Waals surface area contributed by atoms with E-state index < -0.39 is 0 Å². The van der Waals surface area contributed by atoms with Crippen LogP contribution < -0.4 is 11.3 Å². The van der Waals surface area contributed by atoms with Crippen molar-refractivity contribution in [3.05, 3.63) is 53.4 Å². The quantitative estimate of drug-likeness (QED) is 0.629. The van der Waals surface area contributed by atoms with Gasteiger partial charge in [-0.15, -0.1) is 0 Å². The molecule has 0 radical (unpaired) electrons. The second kappa shape index (κ2) is 6.63. The number of hydrazine groups is 1. The van der Waals surface area contributed by atoms with Crippen LogP contribution in [0.4, 0.5) is 4.39 Å². The van der Waals surface area contributed by atoms with Crippen LogP contribution in [0.2, 0.25) is 0 Å². The summed E-state index contributed by atoms with van der Waals surface area (Å²) in [4.78, 5) is 4.36. The molecule has 3 N–H and O–H groups in total. The molecule has 0 saturated heterocycles. The molecule has 1 aromatic heterocycles. The third kappa shape index (κ3) is 3.23. The zero-order chi connectivity index (χ0) is 14.5. The van der Waals surface area contributed by atoms with Crippen molar-refractivity contribution in [1.82, 2.24) is 15.0 Å². The number of benzene rings is 1. The van der Waals surface area contributed by atoms with Crippen molar-refractivity contribution in [3.63, 3.8) is 0 Å². The Bertz CT molecular complexity index is 565. The molecule has 2 aromatic rings. The smallest absolute Gasteiger partial charge is 0.126 e. The van der Waals surface area contributed by atoms with Crippen LogP contribution in [0.3, 0.4) is 0 Å². The van der Waals surface area contributed by atoms with Gasteiger partial charge < -0.3 is 4.57 Å². The standard InChI is InChI=1S/C15H21FN4/c1-3-7-20-8-6-18-15(20)10-14(19-17)12-5-4-11(2)13(16)9-12/h4-6,8-9,14,19H,3,7,10,17H2,1-2H3. The van der Waals surface area contributed by atoms with E-state index in [0.29, 0.717) is 12.0 Å².